The van der Waals surface area contributed by atoms with Crippen LogP contribution < -0.4 is 5.43 Å². The maximum Gasteiger partial charge on any atom is 0.197 e. The standard InChI is InChI=1S/C27H28O14/c1-8-20(33)23(36)26(41-27-24(37)22(35)19(32)9(2)39-27)25(38-8)18-14(31)7-16-17(21(18)34)13(30)6-15(40-16)10-3-4-11(28)12(29)5-10/h3-9,19-20,22,24-29,31-35,37H,1-2H3/t8-,9-,19-,20+,22+,24-,25+,26+,27-/m0/s1. The highest BCUT2D eigenvalue weighted by molar-refractivity contribution is 5.92. The Morgan fingerprint density at radius 1 is 0.780 bits per heavy atom. The quantitative estimate of drug-likeness (QED) is 0.189. The van der Waals surface area contributed by atoms with Gasteiger partial charge in [-0.25, -0.2) is 0 Å². The monoisotopic (exact) mass is 576 g/mol. The average molecular weight is 577 g/mol. The number of Topliss-reactive ketones (excluding diaryl/α,β-unsaturated/α-hetero) is 1. The zero-order valence-electron chi connectivity index (χ0n) is 21.6. The molecule has 3 aromatic rings. The maximum atomic E-state index is 13.1. The van der Waals surface area contributed by atoms with Gasteiger partial charge in [0.15, 0.2) is 35.1 Å². The van der Waals surface area contributed by atoms with Crippen LogP contribution >= 0.6 is 0 Å². The van der Waals surface area contributed by atoms with Gasteiger partial charge in [-0.3, -0.25) is 9.59 Å². The van der Waals surface area contributed by atoms with Crippen molar-refractivity contribution >= 4 is 16.8 Å². The lowest BCUT2D eigenvalue weighted by atomic mass is 9.90. The fourth-order valence-corrected chi connectivity index (χ4v) is 4.96. The number of carbonyl (C=O) groups excluding carboxylic acids is 1. The number of aliphatic hydroxyl groups excluding tert-OH is 4. The van der Waals surface area contributed by atoms with Crippen LogP contribution in [0.25, 0.3) is 22.3 Å². The third-order valence-electron chi connectivity index (χ3n) is 7.30. The van der Waals surface area contributed by atoms with Gasteiger partial charge in [0.25, 0.3) is 0 Å². The first kappa shape index (κ1) is 28.8. The minimum Gasteiger partial charge on any atom is -0.507 e. The second-order valence-electron chi connectivity index (χ2n) is 10.1. The fraction of sp³-hybridized carbons (Fsp3) is 0.407. The Morgan fingerprint density at radius 2 is 1.49 bits per heavy atom. The van der Waals surface area contributed by atoms with Gasteiger partial charge in [-0.05, 0) is 32.0 Å². The molecular weight excluding hydrogens is 548 g/mol. The van der Waals surface area contributed by atoms with Crippen LogP contribution in [0.2, 0.25) is 0 Å². The summed E-state index contributed by atoms with van der Waals surface area (Å²) >= 11 is 0. The van der Waals surface area contributed by atoms with Crippen LogP contribution in [0, 0.1) is 0 Å². The predicted octanol–water partition coefficient (Wildman–Crippen LogP) is -0.115. The van der Waals surface area contributed by atoms with Crippen LogP contribution in [-0.2, 0) is 19.0 Å². The molecule has 0 saturated carbocycles. The Balaban J connectivity index is 1.58. The Bertz CT molecular complexity index is 1550. The first-order chi connectivity index (χ1) is 19.3. The molecule has 2 fully saturated rings. The Hall–Kier alpha value is -3.76. The van der Waals surface area contributed by atoms with Gasteiger partial charge in [0.2, 0.25) is 0 Å². The SMILES string of the molecule is C[C@@H]1O[C@@H](O[C@@H]2C(=O)[C@H](O)[C@H](C)O[C@@H]2c2c(O)cc3oc(-c4ccc(O)c(O)c4)cc(=O)c3c2O)[C@@H](O)[C@H](O)[C@H]1O. The predicted molar refractivity (Wildman–Crippen MR) is 136 cm³/mol. The third-order valence-corrected chi connectivity index (χ3v) is 7.30. The topological polar surface area (TPSA) is 237 Å². The lowest BCUT2D eigenvalue weighted by Crippen LogP contribution is -2.60. The van der Waals surface area contributed by atoms with Gasteiger partial charge in [-0.2, -0.15) is 0 Å². The van der Waals surface area contributed by atoms with Crippen LogP contribution in [0.4, 0.5) is 0 Å². The van der Waals surface area contributed by atoms with Crippen LogP contribution in [0.1, 0.15) is 25.5 Å². The van der Waals surface area contributed by atoms with Crippen molar-refractivity contribution in [1.82, 2.24) is 0 Å². The van der Waals surface area contributed by atoms with Gasteiger partial charge in [0, 0.05) is 17.7 Å². The molecule has 9 atom stereocenters. The number of carbonyl (C=O) groups is 1. The molecule has 1 aromatic heterocycles. The highest BCUT2D eigenvalue weighted by atomic mass is 16.7. The minimum atomic E-state index is -1.82. The lowest BCUT2D eigenvalue weighted by molar-refractivity contribution is -0.314. The van der Waals surface area contributed by atoms with Crippen LogP contribution in [-0.4, -0.2) is 95.7 Å². The molecule has 0 amide bonds. The maximum absolute atomic E-state index is 13.1. The summed E-state index contributed by atoms with van der Waals surface area (Å²) in [6, 6.07) is 5.67. The number of ether oxygens (including phenoxy) is 3. The molecule has 0 spiro atoms. The average Bonchev–Trinajstić information content (AvgIpc) is 2.92. The number of aromatic hydroxyl groups is 4. The molecule has 0 unspecified atom stereocenters. The van der Waals surface area contributed by atoms with E-state index >= 15 is 0 Å². The molecule has 3 heterocycles. The summed E-state index contributed by atoms with van der Waals surface area (Å²) in [4.78, 5) is 26.3. The molecular formula is C27H28O14. The minimum absolute atomic E-state index is 0.0651. The number of hydrogen-bond donors (Lipinski definition) is 8. The number of aliphatic hydroxyl groups is 4. The van der Waals surface area contributed by atoms with E-state index in [9.17, 15) is 50.4 Å². The van der Waals surface area contributed by atoms with Crippen molar-refractivity contribution in [1.29, 1.82) is 0 Å². The number of fused-ring (bicyclic) bond motifs is 1. The summed E-state index contributed by atoms with van der Waals surface area (Å²) in [5, 5.41) is 82.0. The zero-order chi connectivity index (χ0) is 29.9. The van der Waals surface area contributed by atoms with E-state index < -0.39 is 100 Å². The van der Waals surface area contributed by atoms with E-state index in [0.29, 0.717) is 0 Å². The largest absolute Gasteiger partial charge is 0.507 e. The van der Waals surface area contributed by atoms with Crippen molar-refractivity contribution in [3.63, 3.8) is 0 Å². The smallest absolute Gasteiger partial charge is 0.197 e. The lowest BCUT2D eigenvalue weighted by Gasteiger charge is -2.43. The molecule has 220 valence electrons. The van der Waals surface area contributed by atoms with E-state index in [1.807, 2.05) is 0 Å². The summed E-state index contributed by atoms with van der Waals surface area (Å²) in [5.41, 5.74) is -1.32. The highest BCUT2D eigenvalue weighted by Crippen LogP contribution is 2.45. The van der Waals surface area contributed by atoms with E-state index in [4.69, 9.17) is 18.6 Å². The summed E-state index contributed by atoms with van der Waals surface area (Å²) in [5.74, 6) is -3.42. The molecule has 8 N–H and O–H groups in total. The van der Waals surface area contributed by atoms with Crippen molar-refractivity contribution in [3.8, 4) is 34.3 Å². The Labute approximate surface area is 230 Å². The van der Waals surface area contributed by atoms with Crippen LogP contribution in [0.3, 0.4) is 0 Å². The first-order valence-corrected chi connectivity index (χ1v) is 12.6. The molecule has 2 aromatic carbocycles. The van der Waals surface area contributed by atoms with E-state index in [1.165, 1.54) is 26.0 Å². The second-order valence-corrected chi connectivity index (χ2v) is 10.1. The van der Waals surface area contributed by atoms with Crippen molar-refractivity contribution in [2.24, 2.45) is 0 Å². The fourth-order valence-electron chi connectivity index (χ4n) is 4.96. The number of hydrogen-bond acceptors (Lipinski definition) is 14. The normalized spacial score (nSPS) is 32.3. The molecule has 2 aliphatic heterocycles. The Kier molecular flexibility index (Phi) is 7.42. The van der Waals surface area contributed by atoms with Gasteiger partial charge in [0.1, 0.15) is 58.7 Å². The Morgan fingerprint density at radius 3 is 2.17 bits per heavy atom. The van der Waals surface area contributed by atoms with Gasteiger partial charge in [-0.15, -0.1) is 0 Å². The van der Waals surface area contributed by atoms with Gasteiger partial charge >= 0.3 is 0 Å². The molecule has 0 bridgehead atoms. The highest BCUT2D eigenvalue weighted by Gasteiger charge is 2.50. The molecule has 2 aliphatic rings. The van der Waals surface area contributed by atoms with Crippen LogP contribution in [0.15, 0.2) is 39.5 Å². The molecule has 2 saturated heterocycles. The van der Waals surface area contributed by atoms with Crippen molar-refractivity contribution in [2.45, 2.75) is 69.0 Å². The van der Waals surface area contributed by atoms with Crippen molar-refractivity contribution in [2.75, 3.05) is 0 Å². The summed E-state index contributed by atoms with van der Waals surface area (Å²) in [7, 11) is 0. The number of phenolic OH excluding ortho intramolecular Hbond substituents is 4. The van der Waals surface area contributed by atoms with Gasteiger partial charge < -0.3 is 59.5 Å². The third kappa shape index (κ3) is 4.89. The van der Waals surface area contributed by atoms with E-state index in [-0.39, 0.29) is 16.9 Å². The van der Waals surface area contributed by atoms with E-state index in [1.54, 1.807) is 0 Å². The molecule has 0 radical (unpaired) electrons. The molecule has 0 aliphatic carbocycles. The summed E-state index contributed by atoms with van der Waals surface area (Å²) in [6.45, 7) is 2.74. The summed E-state index contributed by atoms with van der Waals surface area (Å²) in [6.07, 6.45) is -14.1. The molecule has 41 heavy (non-hydrogen) atoms. The molecule has 5 rings (SSSR count). The molecule has 14 heteroatoms. The van der Waals surface area contributed by atoms with Gasteiger partial charge in [0.05, 0.1) is 17.8 Å². The summed E-state index contributed by atoms with van der Waals surface area (Å²) < 4.78 is 22.5. The first-order valence-electron chi connectivity index (χ1n) is 12.6. The zero-order valence-corrected chi connectivity index (χ0v) is 21.6. The number of rotatable bonds is 4. The second kappa shape index (κ2) is 10.6. The number of ketones is 1. The van der Waals surface area contributed by atoms with Crippen LogP contribution in [0.5, 0.6) is 23.0 Å². The van der Waals surface area contributed by atoms with E-state index in [0.717, 1.165) is 18.2 Å². The van der Waals surface area contributed by atoms with Crippen molar-refractivity contribution in [3.05, 3.63) is 46.1 Å². The molecule has 14 nitrogen and oxygen atoms in total. The van der Waals surface area contributed by atoms with E-state index in [2.05, 4.69) is 0 Å². The van der Waals surface area contributed by atoms with Crippen molar-refractivity contribution < 1.29 is 64.3 Å². The number of benzene rings is 2. The van der Waals surface area contributed by atoms with Gasteiger partial charge in [-0.1, -0.05) is 0 Å². The number of phenols is 4.